The summed E-state index contributed by atoms with van der Waals surface area (Å²) >= 11 is 1.09. The van der Waals surface area contributed by atoms with Crippen molar-refractivity contribution in [3.63, 3.8) is 0 Å². The second-order valence-corrected chi connectivity index (χ2v) is 9.88. The van der Waals surface area contributed by atoms with Gasteiger partial charge in [-0.3, -0.25) is 24.8 Å². The molecule has 1 saturated carbocycles. The molecule has 1 aliphatic carbocycles. The maximum Gasteiger partial charge on any atom is 0.227 e. The van der Waals surface area contributed by atoms with Gasteiger partial charge in [0.2, 0.25) is 5.91 Å². The van der Waals surface area contributed by atoms with Gasteiger partial charge in [0.15, 0.2) is 5.13 Å². The minimum atomic E-state index is -0.234. The fourth-order valence-corrected chi connectivity index (χ4v) is 5.11. The molecule has 8 nitrogen and oxygen atoms in total. The van der Waals surface area contributed by atoms with Gasteiger partial charge in [-0.05, 0) is 43.2 Å². The molecular formula is C26H18FN7OS. The van der Waals surface area contributed by atoms with Gasteiger partial charge in [0.25, 0.3) is 0 Å². The van der Waals surface area contributed by atoms with Gasteiger partial charge in [0, 0.05) is 45.1 Å². The molecule has 176 valence electrons. The van der Waals surface area contributed by atoms with E-state index in [2.05, 4.69) is 35.5 Å². The monoisotopic (exact) mass is 495 g/mol. The van der Waals surface area contributed by atoms with Crippen LogP contribution < -0.4 is 5.32 Å². The molecule has 3 N–H and O–H groups in total. The summed E-state index contributed by atoms with van der Waals surface area (Å²) in [4.78, 5) is 29.6. The third-order valence-corrected chi connectivity index (χ3v) is 7.24. The molecule has 0 unspecified atom stereocenters. The second kappa shape index (κ2) is 8.06. The number of anilines is 1. The largest absolute Gasteiger partial charge is 0.352 e. The highest BCUT2D eigenvalue weighted by atomic mass is 32.1. The highest BCUT2D eigenvalue weighted by Gasteiger charge is 2.29. The van der Waals surface area contributed by atoms with Gasteiger partial charge in [-0.15, -0.1) is 11.3 Å². The maximum atomic E-state index is 13.7. The molecule has 0 aromatic carbocycles. The van der Waals surface area contributed by atoms with Gasteiger partial charge in [-0.1, -0.05) is 0 Å². The number of aromatic amines is 2. The third kappa shape index (κ3) is 3.62. The molecule has 1 amide bonds. The fraction of sp³-hybridized carbons (Fsp3) is 0.115. The number of pyridine rings is 3. The van der Waals surface area contributed by atoms with Crippen molar-refractivity contribution in [1.29, 1.82) is 0 Å². The number of nitrogens with one attached hydrogen (secondary N) is 3. The molecular weight excluding hydrogens is 477 g/mol. The van der Waals surface area contributed by atoms with E-state index in [0.29, 0.717) is 11.4 Å². The van der Waals surface area contributed by atoms with E-state index in [1.807, 2.05) is 18.2 Å². The zero-order valence-corrected chi connectivity index (χ0v) is 19.6. The molecule has 1 aliphatic rings. The lowest BCUT2D eigenvalue weighted by Crippen LogP contribution is -2.13. The number of hydrogen-bond donors (Lipinski definition) is 3. The van der Waals surface area contributed by atoms with Crippen molar-refractivity contribution in [2.75, 3.05) is 5.32 Å². The first-order valence-corrected chi connectivity index (χ1v) is 12.3. The molecule has 0 aliphatic heterocycles. The van der Waals surface area contributed by atoms with Crippen LogP contribution in [0.1, 0.15) is 12.8 Å². The normalized spacial score (nSPS) is 13.5. The van der Waals surface area contributed by atoms with E-state index in [1.165, 1.54) is 6.07 Å². The van der Waals surface area contributed by atoms with Crippen molar-refractivity contribution in [2.45, 2.75) is 12.8 Å². The summed E-state index contributed by atoms with van der Waals surface area (Å²) in [5.74, 6) is 0.148. The zero-order valence-electron chi connectivity index (χ0n) is 18.7. The average Bonchev–Trinajstić information content (AvgIpc) is 3.30. The first-order valence-electron chi connectivity index (χ1n) is 11.5. The third-order valence-electron chi connectivity index (χ3n) is 6.34. The number of rotatable bonds is 5. The van der Waals surface area contributed by atoms with E-state index in [4.69, 9.17) is 0 Å². The number of carbonyl (C=O) groups excluding carboxylic acids is 1. The molecule has 0 bridgehead atoms. The van der Waals surface area contributed by atoms with Gasteiger partial charge in [0.1, 0.15) is 5.69 Å². The smallest absolute Gasteiger partial charge is 0.227 e. The summed E-state index contributed by atoms with van der Waals surface area (Å²) in [5, 5.41) is 12.1. The summed E-state index contributed by atoms with van der Waals surface area (Å²) in [6.45, 7) is 0. The SMILES string of the molecule is O=C(Nc1cncc(-c2cc3c(-c4cc5c(-c6ccc(F)s6)cncc5[nH]4)n[nH]c3cn2)c1)C1CC1. The Bertz CT molecular complexity index is 1780. The Morgan fingerprint density at radius 1 is 1.00 bits per heavy atom. The van der Waals surface area contributed by atoms with Crippen LogP contribution in [-0.2, 0) is 4.79 Å². The number of H-pyrrole nitrogens is 2. The number of fused-ring (bicyclic) bond motifs is 2. The van der Waals surface area contributed by atoms with E-state index < -0.39 is 0 Å². The van der Waals surface area contributed by atoms with Crippen LogP contribution >= 0.6 is 11.3 Å². The Hall–Kier alpha value is -4.44. The summed E-state index contributed by atoms with van der Waals surface area (Å²) in [5.41, 5.74) is 6.19. The van der Waals surface area contributed by atoms with Gasteiger partial charge >= 0.3 is 0 Å². The zero-order chi connectivity index (χ0) is 24.2. The van der Waals surface area contributed by atoms with Crippen molar-refractivity contribution in [3.8, 4) is 33.1 Å². The molecule has 6 aromatic heterocycles. The average molecular weight is 496 g/mol. The molecule has 7 rings (SSSR count). The number of thiophene rings is 1. The number of aromatic nitrogens is 6. The van der Waals surface area contributed by atoms with Crippen molar-refractivity contribution in [1.82, 2.24) is 30.1 Å². The van der Waals surface area contributed by atoms with Crippen LogP contribution in [0.5, 0.6) is 0 Å². The quantitative estimate of drug-likeness (QED) is 0.281. The molecule has 6 aromatic rings. The van der Waals surface area contributed by atoms with Crippen LogP contribution in [0.25, 0.3) is 54.9 Å². The van der Waals surface area contributed by atoms with Crippen molar-refractivity contribution in [2.24, 2.45) is 5.92 Å². The Morgan fingerprint density at radius 3 is 2.72 bits per heavy atom. The molecule has 36 heavy (non-hydrogen) atoms. The summed E-state index contributed by atoms with van der Waals surface area (Å²) in [6.07, 6.45) is 10.5. The lowest BCUT2D eigenvalue weighted by Gasteiger charge is -2.06. The highest BCUT2D eigenvalue weighted by Crippen LogP contribution is 2.36. The van der Waals surface area contributed by atoms with Gasteiger partial charge in [-0.2, -0.15) is 9.49 Å². The molecule has 0 saturated heterocycles. The Morgan fingerprint density at radius 2 is 1.89 bits per heavy atom. The van der Waals surface area contributed by atoms with Crippen LogP contribution in [-0.4, -0.2) is 36.0 Å². The number of amides is 1. The summed E-state index contributed by atoms with van der Waals surface area (Å²) in [6, 6.07) is 9.07. The second-order valence-electron chi connectivity index (χ2n) is 8.85. The van der Waals surface area contributed by atoms with E-state index in [0.717, 1.165) is 73.4 Å². The lowest BCUT2D eigenvalue weighted by molar-refractivity contribution is -0.117. The van der Waals surface area contributed by atoms with Crippen LogP contribution in [0.4, 0.5) is 10.1 Å². The van der Waals surface area contributed by atoms with E-state index in [-0.39, 0.29) is 17.0 Å². The number of halogens is 1. The van der Waals surface area contributed by atoms with Crippen molar-refractivity contribution < 1.29 is 9.18 Å². The van der Waals surface area contributed by atoms with Crippen LogP contribution in [0, 0.1) is 11.0 Å². The minimum Gasteiger partial charge on any atom is -0.352 e. The minimum absolute atomic E-state index is 0.0347. The molecule has 1 fully saturated rings. The van der Waals surface area contributed by atoms with Gasteiger partial charge in [-0.25, -0.2) is 0 Å². The van der Waals surface area contributed by atoms with Crippen LogP contribution in [0.3, 0.4) is 0 Å². The highest BCUT2D eigenvalue weighted by molar-refractivity contribution is 7.14. The van der Waals surface area contributed by atoms with Gasteiger partial charge in [0.05, 0.1) is 46.7 Å². The Kier molecular flexibility index (Phi) is 4.68. The van der Waals surface area contributed by atoms with E-state index in [9.17, 15) is 9.18 Å². The number of hydrogen-bond acceptors (Lipinski definition) is 6. The molecule has 0 radical (unpaired) electrons. The molecule has 10 heteroatoms. The first kappa shape index (κ1) is 20.9. The first-order chi connectivity index (χ1) is 17.6. The topological polar surface area (TPSA) is 112 Å². The summed E-state index contributed by atoms with van der Waals surface area (Å²) < 4.78 is 13.7. The Balaban J connectivity index is 1.28. The maximum absolute atomic E-state index is 13.7. The van der Waals surface area contributed by atoms with Crippen LogP contribution in [0.2, 0.25) is 0 Å². The summed E-state index contributed by atoms with van der Waals surface area (Å²) in [7, 11) is 0. The lowest BCUT2D eigenvalue weighted by atomic mass is 10.1. The standard InChI is InChI=1S/C26H18FN7OS/c27-24-4-3-23(36-24)18-10-29-11-21-16(18)6-20(32-21)25-17-7-19(30-12-22(17)33-34-25)14-5-15(9-28-8-14)31-26(35)13-1-2-13/h3-13,32H,1-2H2,(H,31,35)(H,33,34). The van der Waals surface area contributed by atoms with Gasteiger partial charge < -0.3 is 10.3 Å². The number of nitrogens with zero attached hydrogens (tertiary/aromatic N) is 4. The molecule has 0 spiro atoms. The van der Waals surface area contributed by atoms with Crippen LogP contribution in [0.15, 0.2) is 61.3 Å². The van der Waals surface area contributed by atoms with Crippen molar-refractivity contribution >= 4 is 44.7 Å². The molecule has 6 heterocycles. The molecule has 0 atom stereocenters. The van der Waals surface area contributed by atoms with E-state index >= 15 is 0 Å². The number of carbonyl (C=O) groups is 1. The predicted molar refractivity (Wildman–Crippen MR) is 137 cm³/mol. The predicted octanol–water partition coefficient (Wildman–Crippen LogP) is 5.78. The Labute approximate surface area is 207 Å². The van der Waals surface area contributed by atoms with Crippen molar-refractivity contribution in [3.05, 3.63) is 66.4 Å². The fourth-order valence-electron chi connectivity index (χ4n) is 4.35. The van der Waals surface area contributed by atoms with E-state index in [1.54, 1.807) is 37.1 Å².